The number of hydrogen-bond donors (Lipinski definition) is 2. The van der Waals surface area contributed by atoms with Gasteiger partial charge in [-0.1, -0.05) is 26.7 Å². The number of Topliss-reactive ketones (excluding diaryl/α,β-unsaturated/α-hetero) is 1. The third-order valence-corrected chi connectivity index (χ3v) is 7.23. The molecule has 0 atom stereocenters. The van der Waals surface area contributed by atoms with Crippen LogP contribution in [-0.2, 0) is 4.79 Å². The predicted molar refractivity (Wildman–Crippen MR) is 96.4 cm³/mol. The Hall–Kier alpha value is -1.59. The molecule has 4 saturated heterocycles. The van der Waals surface area contributed by atoms with Crippen LogP contribution >= 0.6 is 0 Å². The fraction of sp³-hybridized carbons (Fsp3) is 0.667. The Labute approximate surface area is 155 Å². The Morgan fingerprint density at radius 1 is 0.962 bits per heavy atom. The summed E-state index contributed by atoms with van der Waals surface area (Å²) >= 11 is 0. The summed E-state index contributed by atoms with van der Waals surface area (Å²) < 4.78 is 11.1. The average Bonchev–Trinajstić information content (AvgIpc) is 3.07. The number of rotatable bonds is 5. The zero-order valence-corrected chi connectivity index (χ0v) is 15.9. The van der Waals surface area contributed by atoms with Crippen LogP contribution in [0, 0.1) is 10.8 Å². The molecule has 0 unspecified atom stereocenters. The second kappa shape index (κ2) is 5.70. The second-order valence-electron chi connectivity index (χ2n) is 8.96. The van der Waals surface area contributed by atoms with E-state index < -0.39 is 0 Å². The monoisotopic (exact) mass is 358 g/mol. The maximum atomic E-state index is 13.5. The van der Waals surface area contributed by atoms with Gasteiger partial charge in [0.25, 0.3) is 0 Å². The van der Waals surface area contributed by atoms with Crippen molar-refractivity contribution in [1.82, 2.24) is 0 Å². The van der Waals surface area contributed by atoms with E-state index in [1.807, 2.05) is 0 Å². The van der Waals surface area contributed by atoms with E-state index in [1.165, 1.54) is 5.56 Å². The molecule has 0 radical (unpaired) electrons. The Balaban J connectivity index is 1.52. The number of carbonyl (C=O) groups excluding carboxylic acids is 1. The lowest BCUT2D eigenvalue weighted by Gasteiger charge is -2.60. The molecule has 4 fully saturated rings. The molecule has 5 heterocycles. The van der Waals surface area contributed by atoms with Crippen LogP contribution in [0.1, 0.15) is 51.3 Å². The minimum atomic E-state index is -0.0854. The normalized spacial score (nSPS) is 39.6. The molecule has 1 aromatic rings. The molecular weight excluding hydrogens is 328 g/mol. The first kappa shape index (κ1) is 16.6. The van der Waals surface area contributed by atoms with E-state index in [2.05, 4.69) is 32.0 Å². The number of ether oxygens (including phenoxy) is 2. The molecule has 0 spiro atoms. The van der Waals surface area contributed by atoms with Crippen LogP contribution in [0.3, 0.4) is 0 Å². The molecule has 4 bridgehead atoms. The van der Waals surface area contributed by atoms with Crippen molar-refractivity contribution in [2.45, 2.75) is 45.7 Å². The molecule has 1 aromatic carbocycles. The Bertz CT molecular complexity index is 703. The van der Waals surface area contributed by atoms with Crippen LogP contribution in [0.2, 0.25) is 0 Å². The highest BCUT2D eigenvalue weighted by molar-refractivity contribution is 5.92. The molecule has 0 saturated carbocycles. The van der Waals surface area contributed by atoms with Gasteiger partial charge in [-0.3, -0.25) is 14.6 Å². The van der Waals surface area contributed by atoms with Crippen molar-refractivity contribution in [1.29, 1.82) is 0 Å². The standard InChI is InChI=1S/C21H28N2O3/c1-3-7-20-10-22-12-21(8-4-2,19(20)24)13-23(11-20)18(22)15-5-6-16-17(9-15)26-14-25-16/h5-6,9,18H,3-4,7-8,10-14H2,1-2H3/p+2. The quantitative estimate of drug-likeness (QED) is 0.799. The van der Waals surface area contributed by atoms with Crippen LogP contribution in [-0.4, -0.2) is 38.8 Å². The molecule has 0 aromatic heterocycles. The van der Waals surface area contributed by atoms with E-state index in [0.717, 1.165) is 63.4 Å². The number of quaternary nitrogens is 2. The minimum absolute atomic E-state index is 0.0854. The summed E-state index contributed by atoms with van der Waals surface area (Å²) in [5.74, 6) is 2.33. The van der Waals surface area contributed by atoms with Crippen molar-refractivity contribution >= 4 is 5.78 Å². The van der Waals surface area contributed by atoms with Crippen LogP contribution in [0.5, 0.6) is 11.5 Å². The summed E-state index contributed by atoms with van der Waals surface area (Å²) in [4.78, 5) is 16.7. The van der Waals surface area contributed by atoms with Gasteiger partial charge in [-0.25, -0.2) is 0 Å². The van der Waals surface area contributed by atoms with Gasteiger partial charge in [0.05, 0.1) is 5.56 Å². The smallest absolute Gasteiger partial charge is 0.240 e. The maximum Gasteiger partial charge on any atom is 0.240 e. The van der Waals surface area contributed by atoms with E-state index in [0.29, 0.717) is 18.7 Å². The molecule has 26 heavy (non-hydrogen) atoms. The summed E-state index contributed by atoms with van der Waals surface area (Å²) in [6.07, 6.45) is 4.73. The summed E-state index contributed by atoms with van der Waals surface area (Å²) in [6.45, 7) is 8.80. The summed E-state index contributed by atoms with van der Waals surface area (Å²) in [7, 11) is 0. The van der Waals surface area contributed by atoms with E-state index in [9.17, 15) is 4.79 Å². The molecule has 0 amide bonds. The first-order chi connectivity index (χ1) is 12.6. The van der Waals surface area contributed by atoms with Crippen molar-refractivity contribution < 1.29 is 24.1 Å². The fourth-order valence-electron chi connectivity index (χ4n) is 6.67. The number of piperidine rings is 2. The lowest BCUT2D eigenvalue weighted by Crippen LogP contribution is -3.41. The highest BCUT2D eigenvalue weighted by Crippen LogP contribution is 2.43. The SMILES string of the molecule is CCCC12C[NH+]3CC(CCC)(C[NH+](C1)C3c1ccc3c(c1)OCO3)C2=O. The van der Waals surface area contributed by atoms with Gasteiger partial charge in [-0.2, -0.15) is 0 Å². The molecule has 5 aliphatic rings. The van der Waals surface area contributed by atoms with Gasteiger partial charge < -0.3 is 9.47 Å². The lowest BCUT2D eigenvalue weighted by molar-refractivity contribution is -1.18. The molecule has 5 nitrogen and oxygen atoms in total. The van der Waals surface area contributed by atoms with Gasteiger partial charge in [0, 0.05) is 0 Å². The number of fused-ring (bicyclic) bond motifs is 1. The molecule has 6 rings (SSSR count). The van der Waals surface area contributed by atoms with Crippen molar-refractivity contribution in [3.8, 4) is 11.5 Å². The molecule has 0 aliphatic carbocycles. The lowest BCUT2D eigenvalue weighted by atomic mass is 9.57. The highest BCUT2D eigenvalue weighted by Gasteiger charge is 2.70. The van der Waals surface area contributed by atoms with Crippen molar-refractivity contribution in [2.75, 3.05) is 33.0 Å². The molecule has 5 aliphatic heterocycles. The largest absolute Gasteiger partial charge is 0.454 e. The van der Waals surface area contributed by atoms with Gasteiger partial charge in [-0.05, 0) is 31.0 Å². The molecule has 140 valence electrons. The van der Waals surface area contributed by atoms with Crippen molar-refractivity contribution in [3.05, 3.63) is 23.8 Å². The Morgan fingerprint density at radius 3 is 2.12 bits per heavy atom. The van der Waals surface area contributed by atoms with Crippen molar-refractivity contribution in [3.63, 3.8) is 0 Å². The summed E-state index contributed by atoms with van der Waals surface area (Å²) in [5, 5.41) is 0. The van der Waals surface area contributed by atoms with E-state index in [4.69, 9.17) is 9.47 Å². The minimum Gasteiger partial charge on any atom is -0.454 e. The van der Waals surface area contributed by atoms with Crippen LogP contribution in [0.4, 0.5) is 0 Å². The third-order valence-electron chi connectivity index (χ3n) is 7.23. The number of nitrogens with one attached hydrogen (secondary N) is 2. The number of benzene rings is 1. The van der Waals surface area contributed by atoms with Gasteiger partial charge in [0.2, 0.25) is 13.0 Å². The van der Waals surface area contributed by atoms with Crippen LogP contribution < -0.4 is 19.3 Å². The number of carbonyl (C=O) groups is 1. The zero-order chi connectivity index (χ0) is 17.9. The van der Waals surface area contributed by atoms with Crippen LogP contribution in [0.25, 0.3) is 0 Å². The fourth-order valence-corrected chi connectivity index (χ4v) is 6.67. The summed E-state index contributed by atoms with van der Waals surface area (Å²) in [5.41, 5.74) is 1.17. The Morgan fingerprint density at radius 2 is 1.54 bits per heavy atom. The second-order valence-corrected chi connectivity index (χ2v) is 8.96. The highest BCUT2D eigenvalue weighted by atomic mass is 16.7. The molecule has 2 N–H and O–H groups in total. The average molecular weight is 358 g/mol. The topological polar surface area (TPSA) is 44.4 Å². The van der Waals surface area contributed by atoms with Crippen LogP contribution in [0.15, 0.2) is 18.2 Å². The number of hydrogen-bond acceptors (Lipinski definition) is 3. The summed E-state index contributed by atoms with van der Waals surface area (Å²) in [6, 6.07) is 6.44. The third kappa shape index (κ3) is 2.13. The van der Waals surface area contributed by atoms with E-state index in [1.54, 1.807) is 9.80 Å². The molecular formula is C21H30N2O3+2. The first-order valence-corrected chi connectivity index (χ1v) is 10.2. The van der Waals surface area contributed by atoms with Gasteiger partial charge in [0.1, 0.15) is 37.0 Å². The predicted octanol–water partition coefficient (Wildman–Crippen LogP) is 0.367. The van der Waals surface area contributed by atoms with Crippen molar-refractivity contribution in [2.24, 2.45) is 10.8 Å². The number of ketones is 1. The van der Waals surface area contributed by atoms with E-state index in [-0.39, 0.29) is 10.8 Å². The Kier molecular flexibility index (Phi) is 3.63. The van der Waals surface area contributed by atoms with Gasteiger partial charge in [0.15, 0.2) is 17.3 Å². The van der Waals surface area contributed by atoms with Gasteiger partial charge >= 0.3 is 0 Å². The zero-order valence-electron chi connectivity index (χ0n) is 15.9. The molecule has 5 heteroatoms. The van der Waals surface area contributed by atoms with E-state index >= 15 is 0 Å². The maximum absolute atomic E-state index is 13.5. The van der Waals surface area contributed by atoms with Gasteiger partial charge in [-0.15, -0.1) is 0 Å². The first-order valence-electron chi connectivity index (χ1n) is 10.2.